The normalized spacial score (nSPS) is 16.4. The van der Waals surface area contributed by atoms with E-state index >= 15 is 0 Å². The minimum atomic E-state index is -0.567. The Bertz CT molecular complexity index is 1040. The van der Waals surface area contributed by atoms with E-state index < -0.39 is 11.7 Å². The summed E-state index contributed by atoms with van der Waals surface area (Å²) in [5.41, 5.74) is 2.72. The van der Waals surface area contributed by atoms with Gasteiger partial charge >= 0.3 is 6.09 Å². The molecule has 8 nitrogen and oxygen atoms in total. The maximum atomic E-state index is 13.4. The molecule has 0 bridgehead atoms. The fourth-order valence-electron chi connectivity index (χ4n) is 4.00. The van der Waals surface area contributed by atoms with Crippen LogP contribution < -0.4 is 10.6 Å². The van der Waals surface area contributed by atoms with Gasteiger partial charge in [0.05, 0.1) is 17.0 Å². The topological polar surface area (TPSA) is 101 Å². The highest BCUT2D eigenvalue weighted by atomic mass is 16.6. The number of fused-ring (bicyclic) bond motifs is 1. The van der Waals surface area contributed by atoms with E-state index in [1.807, 2.05) is 38.1 Å². The number of aryl methyl sites for hydroxylation is 2. The molecule has 0 radical (unpaired) electrons. The first-order chi connectivity index (χ1) is 15.5. The lowest BCUT2D eigenvalue weighted by Gasteiger charge is -2.32. The van der Waals surface area contributed by atoms with Crippen molar-refractivity contribution in [2.24, 2.45) is 5.92 Å². The summed E-state index contributed by atoms with van der Waals surface area (Å²) in [6.45, 7) is 10.8. The second-order valence-corrected chi connectivity index (χ2v) is 9.64. The molecule has 0 saturated carbocycles. The molecule has 8 heteroatoms. The number of rotatable bonds is 5. The van der Waals surface area contributed by atoms with E-state index in [4.69, 9.17) is 4.74 Å². The number of benzene rings is 1. The smallest absolute Gasteiger partial charge is 0.407 e. The van der Waals surface area contributed by atoms with Crippen LogP contribution in [0.2, 0.25) is 0 Å². The summed E-state index contributed by atoms with van der Waals surface area (Å²) in [7, 11) is 0. The molecule has 178 valence electrons. The number of ether oxygens (including phenoxy) is 1. The first kappa shape index (κ1) is 24.5. The Morgan fingerprint density at radius 3 is 2.58 bits per heavy atom. The number of carbonyl (C=O) groups is 3. The van der Waals surface area contributed by atoms with Gasteiger partial charge in [-0.3, -0.25) is 14.6 Å². The molecular formula is C25H34N4O4. The Labute approximate surface area is 195 Å². The Morgan fingerprint density at radius 1 is 1.12 bits per heavy atom. The van der Waals surface area contributed by atoms with Gasteiger partial charge in [0.1, 0.15) is 5.60 Å². The molecule has 0 aliphatic carbocycles. The van der Waals surface area contributed by atoms with E-state index in [0.717, 1.165) is 35.0 Å². The molecule has 3 rings (SSSR count). The van der Waals surface area contributed by atoms with E-state index in [9.17, 15) is 14.4 Å². The van der Waals surface area contributed by atoms with Gasteiger partial charge in [0.25, 0.3) is 5.91 Å². The number of piperidine rings is 1. The average molecular weight is 455 g/mol. The predicted octanol–water partition coefficient (Wildman–Crippen LogP) is 3.34. The van der Waals surface area contributed by atoms with Crippen molar-refractivity contribution in [1.29, 1.82) is 0 Å². The third-order valence-electron chi connectivity index (χ3n) is 5.49. The number of hydrogen-bond acceptors (Lipinski definition) is 5. The third-order valence-corrected chi connectivity index (χ3v) is 5.49. The minimum Gasteiger partial charge on any atom is -0.444 e. The van der Waals surface area contributed by atoms with Crippen LogP contribution in [-0.2, 0) is 9.53 Å². The number of pyridine rings is 1. The molecule has 2 N–H and O–H groups in total. The number of hydrogen-bond donors (Lipinski definition) is 2. The molecule has 1 unspecified atom stereocenters. The van der Waals surface area contributed by atoms with Gasteiger partial charge in [-0.15, -0.1) is 0 Å². The lowest BCUT2D eigenvalue weighted by atomic mass is 9.95. The zero-order valence-electron chi connectivity index (χ0n) is 20.2. The molecular weight excluding hydrogens is 420 g/mol. The number of aromatic nitrogens is 1. The van der Waals surface area contributed by atoms with Crippen LogP contribution in [0.4, 0.5) is 4.79 Å². The Morgan fingerprint density at radius 2 is 1.85 bits per heavy atom. The third kappa shape index (κ3) is 6.66. The molecule has 1 aromatic carbocycles. The number of amides is 3. The summed E-state index contributed by atoms with van der Waals surface area (Å²) < 4.78 is 5.18. The van der Waals surface area contributed by atoms with E-state index in [2.05, 4.69) is 15.6 Å². The average Bonchev–Trinajstić information content (AvgIpc) is 2.74. The molecule has 1 fully saturated rings. The van der Waals surface area contributed by atoms with Crippen LogP contribution in [0.25, 0.3) is 10.9 Å². The first-order valence-corrected chi connectivity index (χ1v) is 11.5. The van der Waals surface area contributed by atoms with E-state index in [1.165, 1.54) is 0 Å². The number of carbonyl (C=O) groups excluding carboxylic acids is 3. The summed E-state index contributed by atoms with van der Waals surface area (Å²) in [6, 6.07) is 7.74. The van der Waals surface area contributed by atoms with Crippen molar-refractivity contribution in [3.63, 3.8) is 0 Å². The first-order valence-electron chi connectivity index (χ1n) is 11.5. The lowest BCUT2D eigenvalue weighted by Crippen LogP contribution is -2.46. The zero-order valence-corrected chi connectivity index (χ0v) is 20.2. The highest BCUT2D eigenvalue weighted by Crippen LogP contribution is 2.24. The predicted molar refractivity (Wildman–Crippen MR) is 127 cm³/mol. The monoisotopic (exact) mass is 454 g/mol. The summed E-state index contributed by atoms with van der Waals surface area (Å²) in [4.78, 5) is 44.1. The van der Waals surface area contributed by atoms with Crippen molar-refractivity contribution in [3.8, 4) is 0 Å². The maximum absolute atomic E-state index is 13.4. The Balaban J connectivity index is 1.59. The van der Waals surface area contributed by atoms with Gasteiger partial charge in [0.15, 0.2) is 0 Å². The van der Waals surface area contributed by atoms with Gasteiger partial charge < -0.3 is 20.3 Å². The number of nitrogens with zero attached hydrogens (tertiary/aromatic N) is 2. The van der Waals surface area contributed by atoms with Crippen molar-refractivity contribution in [3.05, 3.63) is 41.1 Å². The van der Waals surface area contributed by atoms with Gasteiger partial charge in [0, 0.05) is 37.3 Å². The summed E-state index contributed by atoms with van der Waals surface area (Å²) in [5, 5.41) is 6.32. The van der Waals surface area contributed by atoms with E-state index in [0.29, 0.717) is 25.2 Å². The van der Waals surface area contributed by atoms with Gasteiger partial charge in [-0.25, -0.2) is 4.79 Å². The van der Waals surface area contributed by atoms with Crippen molar-refractivity contribution in [2.45, 2.75) is 53.1 Å². The van der Waals surface area contributed by atoms with Crippen molar-refractivity contribution < 1.29 is 19.1 Å². The van der Waals surface area contributed by atoms with Crippen LogP contribution in [0.15, 0.2) is 24.3 Å². The molecule has 33 heavy (non-hydrogen) atoms. The van der Waals surface area contributed by atoms with Crippen molar-refractivity contribution in [2.75, 3.05) is 26.2 Å². The van der Waals surface area contributed by atoms with Gasteiger partial charge in [0.2, 0.25) is 5.91 Å². The molecule has 3 amide bonds. The van der Waals surface area contributed by atoms with Gasteiger partial charge in [-0.1, -0.05) is 11.6 Å². The fourth-order valence-corrected chi connectivity index (χ4v) is 4.00. The van der Waals surface area contributed by atoms with Crippen molar-refractivity contribution >= 4 is 28.8 Å². The van der Waals surface area contributed by atoms with Gasteiger partial charge in [-0.2, -0.15) is 0 Å². The second-order valence-electron chi connectivity index (χ2n) is 9.64. The summed E-state index contributed by atoms with van der Waals surface area (Å²) in [6.07, 6.45) is 0.979. The van der Waals surface area contributed by atoms with Crippen LogP contribution in [-0.4, -0.2) is 59.6 Å². The SMILES string of the molecule is Cc1ccc2nc(C)cc(C(=O)N3CCCC(C(=O)NCCNC(=O)OC(C)(C)C)C3)c2c1. The second kappa shape index (κ2) is 10.2. The van der Waals surface area contributed by atoms with Crippen molar-refractivity contribution in [1.82, 2.24) is 20.5 Å². The molecule has 2 aromatic rings. The highest BCUT2D eigenvalue weighted by Gasteiger charge is 2.29. The van der Waals surface area contributed by atoms with Gasteiger partial charge in [-0.05, 0) is 65.7 Å². The zero-order chi connectivity index (χ0) is 24.2. The van der Waals surface area contributed by atoms with E-state index in [1.54, 1.807) is 25.7 Å². The van der Waals surface area contributed by atoms with Crippen LogP contribution in [0, 0.1) is 19.8 Å². The number of likely N-dealkylation sites (tertiary alicyclic amines) is 1. The Kier molecular flexibility index (Phi) is 7.56. The van der Waals surface area contributed by atoms with Crippen LogP contribution in [0.3, 0.4) is 0 Å². The molecule has 1 atom stereocenters. The number of nitrogens with one attached hydrogen (secondary N) is 2. The largest absolute Gasteiger partial charge is 0.444 e. The molecule has 1 aliphatic heterocycles. The molecule has 1 saturated heterocycles. The van der Waals surface area contributed by atoms with Crippen LogP contribution in [0.5, 0.6) is 0 Å². The van der Waals surface area contributed by atoms with Crippen LogP contribution >= 0.6 is 0 Å². The molecule has 2 heterocycles. The molecule has 1 aliphatic rings. The standard InChI is InChI=1S/C25H34N4O4/c1-16-8-9-21-19(13-16)20(14-17(2)28-21)23(31)29-12-6-7-18(15-29)22(30)26-10-11-27-24(32)33-25(3,4)5/h8-9,13-14,18H,6-7,10-12,15H2,1-5H3,(H,26,30)(H,27,32). The quantitative estimate of drug-likeness (QED) is 0.675. The molecule has 0 spiro atoms. The minimum absolute atomic E-state index is 0.0693. The summed E-state index contributed by atoms with van der Waals surface area (Å²) in [5.74, 6) is -0.453. The van der Waals surface area contributed by atoms with E-state index in [-0.39, 0.29) is 24.3 Å². The molecule has 1 aromatic heterocycles. The maximum Gasteiger partial charge on any atom is 0.407 e. The summed E-state index contributed by atoms with van der Waals surface area (Å²) >= 11 is 0. The fraction of sp³-hybridized carbons (Fsp3) is 0.520. The van der Waals surface area contributed by atoms with Crippen LogP contribution in [0.1, 0.15) is 55.2 Å². The lowest BCUT2D eigenvalue weighted by molar-refractivity contribution is -0.126. The number of alkyl carbamates (subject to hydrolysis) is 1. The Hall–Kier alpha value is -3.16. The highest BCUT2D eigenvalue weighted by molar-refractivity contribution is 6.06.